The van der Waals surface area contributed by atoms with E-state index in [4.69, 9.17) is 34.4 Å². The largest absolute Gasteiger partial charge is 0.383 e. The van der Waals surface area contributed by atoms with Gasteiger partial charge in [0, 0.05) is 66.0 Å². The van der Waals surface area contributed by atoms with E-state index in [9.17, 15) is 55.1 Å². The number of hydrogen-bond donors (Lipinski definition) is 10. The van der Waals surface area contributed by atoms with Crippen molar-refractivity contribution >= 4 is 52.9 Å². The molecule has 0 spiro atoms. The normalized spacial score (nSPS) is 17.3. The number of ether oxygens (including phenoxy) is 2. The Bertz CT molecular complexity index is 4370. The van der Waals surface area contributed by atoms with E-state index in [1.165, 1.54) is 14.0 Å². The van der Waals surface area contributed by atoms with Gasteiger partial charge in [-0.3, -0.25) is 34.1 Å². The zero-order valence-corrected chi connectivity index (χ0v) is 55.0. The summed E-state index contributed by atoms with van der Waals surface area (Å²) < 4.78 is 94.8. The summed E-state index contributed by atoms with van der Waals surface area (Å²) in [7, 11) is 0. The van der Waals surface area contributed by atoms with Crippen LogP contribution in [0.3, 0.4) is 0 Å². The molecule has 3 saturated heterocycles. The second-order valence-electron chi connectivity index (χ2n) is 24.5. The number of carbonyl (C=O) groups excluding carboxylic acids is 6. The van der Waals surface area contributed by atoms with E-state index in [0.717, 1.165) is 33.4 Å². The first-order chi connectivity index (χ1) is 48.0. The van der Waals surface area contributed by atoms with Crippen molar-refractivity contribution in [2.75, 3.05) is 37.0 Å². The first kappa shape index (κ1) is 72.4. The molecule has 0 aliphatic carbocycles. The number of primary amides is 3. The number of halogens is 6. The van der Waals surface area contributed by atoms with E-state index in [-0.39, 0.29) is 102 Å². The molecule has 3 unspecified atom stereocenters. The third-order valence-corrected chi connectivity index (χ3v) is 17.4. The Morgan fingerprint density at radius 1 is 0.446 bits per heavy atom. The number of nitrogen functional groups attached to an aromatic ring is 3. The number of benzene rings is 6. The quantitative estimate of drug-likeness (QED) is 0.0282. The molecule has 6 aromatic carbocycles. The minimum absolute atomic E-state index is 0.00850. The van der Waals surface area contributed by atoms with Crippen LogP contribution in [0.25, 0.3) is 33.8 Å². The van der Waals surface area contributed by atoms with Gasteiger partial charge in [-0.15, -0.1) is 0 Å². The molecule has 3 fully saturated rings. The number of hydrogen-bond acceptors (Lipinski definition) is 15. The predicted molar refractivity (Wildman–Crippen MR) is 364 cm³/mol. The summed E-state index contributed by atoms with van der Waals surface area (Å²) in [4.78, 5) is 73.6. The number of alkyl halides is 6. The minimum atomic E-state index is -3.29. The summed E-state index contributed by atoms with van der Waals surface area (Å²) in [6.45, 7) is 6.16. The fourth-order valence-corrected chi connectivity index (χ4v) is 12.0. The molecule has 12 rings (SSSR count). The number of nitrogens with two attached hydrogens (primary N) is 6. The van der Waals surface area contributed by atoms with Crippen molar-refractivity contribution in [3.8, 4) is 33.8 Å². The molecule has 30 heteroatoms. The van der Waals surface area contributed by atoms with Gasteiger partial charge >= 0.3 is 18.3 Å². The van der Waals surface area contributed by atoms with E-state index in [1.807, 2.05) is 57.2 Å². The number of aromatic nitrogens is 6. The molecule has 0 saturated carbocycles. The van der Waals surface area contributed by atoms with Crippen LogP contribution in [-0.4, -0.2) is 103 Å². The lowest BCUT2D eigenvalue weighted by molar-refractivity contribution is -0.267. The van der Waals surface area contributed by atoms with Gasteiger partial charge in [-0.05, 0) is 85.2 Å². The van der Waals surface area contributed by atoms with Gasteiger partial charge in [-0.25, -0.2) is 14.0 Å². The fourth-order valence-electron chi connectivity index (χ4n) is 12.0. The van der Waals surface area contributed by atoms with E-state index in [1.54, 1.807) is 109 Å². The van der Waals surface area contributed by atoms with Gasteiger partial charge in [0.25, 0.3) is 35.4 Å². The van der Waals surface area contributed by atoms with Crippen molar-refractivity contribution in [2.24, 2.45) is 17.2 Å². The van der Waals surface area contributed by atoms with Gasteiger partial charge in [0.15, 0.2) is 0 Å². The van der Waals surface area contributed by atoms with Crippen LogP contribution in [0.5, 0.6) is 0 Å². The summed E-state index contributed by atoms with van der Waals surface area (Å²) in [6, 6.07) is 37.6. The molecule has 16 N–H and O–H groups in total. The highest BCUT2D eigenvalue weighted by atomic mass is 19.3. The van der Waals surface area contributed by atoms with E-state index < -0.39 is 73.4 Å². The van der Waals surface area contributed by atoms with Crippen molar-refractivity contribution in [1.82, 2.24) is 50.6 Å². The standard InChI is InChI=1S/2C24H25F2N5O3.C23H24F2N6O2/c2*1-14-4-2-3-5-18(14)23(33)29-13-15-6-8-16(9-7-15)20-19(22(28)32)21(27)31(30-20)17-10-11-34-24(25,26)12-17;1-13-4-2-3-5-17(13)22(33)28-11-14-6-8-15(9-7-14)19-18(21(27)32)20(26)31(30-19)16-10-23(24,25)29-12-16/h2*2-9,17H,10-13,27H2,1H3,(H2,28,32)(H,29,33);2-9,16,29H,10-12,26H2,1H3,(H2,27,32)(H,28,33). The van der Waals surface area contributed by atoms with Crippen molar-refractivity contribution < 1.29 is 64.6 Å². The highest BCUT2D eigenvalue weighted by molar-refractivity contribution is 6.05. The lowest BCUT2D eigenvalue weighted by Gasteiger charge is -2.29. The van der Waals surface area contributed by atoms with Gasteiger partial charge < -0.3 is 59.8 Å². The third kappa shape index (κ3) is 17.0. The van der Waals surface area contributed by atoms with Crippen LogP contribution in [0.2, 0.25) is 0 Å². The SMILES string of the molecule is Cc1ccccc1C(=O)NCc1ccc(-c2nn(C3CCOC(F)(F)C3)c(N)c2C(N)=O)cc1.Cc1ccccc1C(=O)NCc1ccc(-c2nn(C3CCOC(F)(F)C3)c(N)c2C(N)=O)cc1.Cc1ccccc1C(=O)NCc1ccc(-c2nn(C3CNC(F)(F)C3)c(N)c2C(N)=O)cc1. The number of anilines is 3. The van der Waals surface area contributed by atoms with Crippen LogP contribution in [0.15, 0.2) is 146 Å². The number of rotatable bonds is 18. The zero-order valence-electron chi connectivity index (χ0n) is 55.0. The second-order valence-corrected chi connectivity index (χ2v) is 24.5. The molecule has 0 bridgehead atoms. The number of amides is 6. The molecule has 3 atom stereocenters. The predicted octanol–water partition coefficient (Wildman–Crippen LogP) is 9.42. The molecular formula is C71H74F6N16O8. The Labute approximate surface area is 575 Å². The monoisotopic (exact) mass is 1390 g/mol. The van der Waals surface area contributed by atoms with E-state index in [2.05, 4.69) is 46.0 Å². The first-order valence-corrected chi connectivity index (χ1v) is 32.0. The average Bonchev–Trinajstić information content (AvgIpc) is 1.64. The summed E-state index contributed by atoms with van der Waals surface area (Å²) in [5.41, 5.74) is 44.1. The lowest BCUT2D eigenvalue weighted by Crippen LogP contribution is -2.33. The second kappa shape index (κ2) is 30.4. The average molecular weight is 1390 g/mol. The van der Waals surface area contributed by atoms with Crippen molar-refractivity contribution in [1.29, 1.82) is 0 Å². The van der Waals surface area contributed by atoms with Gasteiger partial charge in [0.1, 0.15) is 51.2 Å². The Balaban J connectivity index is 0.000000163. The van der Waals surface area contributed by atoms with E-state index >= 15 is 0 Å². The van der Waals surface area contributed by atoms with Crippen LogP contribution >= 0.6 is 0 Å². The molecule has 6 heterocycles. The van der Waals surface area contributed by atoms with Crippen LogP contribution in [0, 0.1) is 20.8 Å². The van der Waals surface area contributed by atoms with Gasteiger partial charge in [0.2, 0.25) is 0 Å². The smallest absolute Gasteiger partial charge is 0.357 e. The molecule has 6 amide bonds. The molecule has 24 nitrogen and oxygen atoms in total. The van der Waals surface area contributed by atoms with Gasteiger partial charge in [-0.2, -0.15) is 41.6 Å². The zero-order chi connectivity index (χ0) is 72.7. The summed E-state index contributed by atoms with van der Waals surface area (Å²) in [5.74, 6) is -3.09. The molecular weight excluding hydrogens is 1320 g/mol. The number of aryl methyl sites for hydroxylation is 3. The Morgan fingerprint density at radius 3 is 0.990 bits per heavy atom. The topological polar surface area (TPSA) is 379 Å². The molecule has 3 aromatic heterocycles. The van der Waals surface area contributed by atoms with Crippen molar-refractivity contribution in [3.05, 3.63) is 212 Å². The Morgan fingerprint density at radius 2 is 0.733 bits per heavy atom. The van der Waals surface area contributed by atoms with E-state index in [0.29, 0.717) is 53.0 Å². The van der Waals surface area contributed by atoms with Crippen molar-refractivity contribution in [2.45, 2.75) is 109 Å². The Kier molecular flexibility index (Phi) is 21.8. The van der Waals surface area contributed by atoms with Crippen LogP contribution in [0.1, 0.15) is 146 Å². The van der Waals surface area contributed by atoms with Crippen molar-refractivity contribution in [3.63, 3.8) is 0 Å². The number of nitrogens with zero attached hydrogens (tertiary/aromatic N) is 6. The number of nitrogens with one attached hydrogen (secondary N) is 4. The van der Waals surface area contributed by atoms with Crippen LogP contribution in [0.4, 0.5) is 43.8 Å². The Hall–Kier alpha value is -11.4. The molecule has 101 heavy (non-hydrogen) atoms. The highest BCUT2D eigenvalue weighted by Gasteiger charge is 2.44. The third-order valence-electron chi connectivity index (χ3n) is 17.4. The maximum atomic E-state index is 13.7. The van der Waals surface area contributed by atoms with Gasteiger partial charge in [-0.1, -0.05) is 127 Å². The molecule has 3 aliphatic rings. The number of carbonyl (C=O) groups is 6. The van der Waals surface area contributed by atoms with Crippen LogP contribution in [-0.2, 0) is 29.1 Å². The van der Waals surface area contributed by atoms with Gasteiger partial charge in [0.05, 0.1) is 44.2 Å². The summed E-state index contributed by atoms with van der Waals surface area (Å²) in [5, 5.41) is 23.8. The first-order valence-electron chi connectivity index (χ1n) is 32.0. The molecule has 3 aliphatic heterocycles. The van der Waals surface area contributed by atoms with Crippen LogP contribution < -0.4 is 55.7 Å². The molecule has 9 aromatic rings. The lowest BCUT2D eigenvalue weighted by atomic mass is 10.0. The minimum Gasteiger partial charge on any atom is -0.383 e. The summed E-state index contributed by atoms with van der Waals surface area (Å²) in [6.07, 6.45) is -7.73. The highest BCUT2D eigenvalue weighted by Crippen LogP contribution is 2.41. The molecule has 0 radical (unpaired) electrons. The fraction of sp³-hybridized carbons (Fsp3) is 0.282. The maximum Gasteiger partial charge on any atom is 0.357 e. The molecule has 528 valence electrons. The summed E-state index contributed by atoms with van der Waals surface area (Å²) >= 11 is 0. The maximum absolute atomic E-state index is 13.7.